The van der Waals surface area contributed by atoms with Crippen molar-refractivity contribution in [3.05, 3.63) is 31.5 Å². The van der Waals surface area contributed by atoms with Gasteiger partial charge in [0, 0.05) is 46.9 Å². The van der Waals surface area contributed by atoms with Crippen LogP contribution in [0.1, 0.15) is 27.2 Å². The zero-order chi connectivity index (χ0) is 17.6. The summed E-state index contributed by atoms with van der Waals surface area (Å²) in [5.74, 6) is -1.32. The molecule has 1 aromatic heterocycles. The number of hydrogen-bond acceptors (Lipinski definition) is 6. The monoisotopic (exact) mass is 331 g/mol. The summed E-state index contributed by atoms with van der Waals surface area (Å²) in [7, 11) is 2.64. The molecular weight excluding hydrogens is 306 g/mol. The van der Waals surface area contributed by atoms with Crippen LogP contribution in [0.3, 0.4) is 0 Å². The lowest BCUT2D eigenvalue weighted by Gasteiger charge is -2.32. The van der Waals surface area contributed by atoms with Crippen molar-refractivity contribution in [3.8, 4) is 0 Å². The van der Waals surface area contributed by atoms with Crippen LogP contribution in [0.15, 0.2) is 14.4 Å². The molecule has 0 amide bonds. The van der Waals surface area contributed by atoms with Crippen LogP contribution in [0.4, 0.5) is 0 Å². The van der Waals surface area contributed by atoms with Gasteiger partial charge in [-0.25, -0.2) is 28.1 Å². The molecule has 1 aromatic rings. The number of nitrogens with zero attached hydrogens (tertiary/aromatic N) is 3. The number of ether oxygens (including phenoxy) is 3. The third-order valence-corrected chi connectivity index (χ3v) is 3.34. The van der Waals surface area contributed by atoms with Crippen LogP contribution in [-0.2, 0) is 34.9 Å². The molecule has 0 fully saturated rings. The van der Waals surface area contributed by atoms with Gasteiger partial charge >= 0.3 is 17.1 Å². The minimum atomic E-state index is -1.32. The van der Waals surface area contributed by atoms with Crippen LogP contribution < -0.4 is 17.1 Å². The van der Waals surface area contributed by atoms with Crippen molar-refractivity contribution in [3.63, 3.8) is 0 Å². The summed E-state index contributed by atoms with van der Waals surface area (Å²) in [5, 5.41) is 0. The Balaban J connectivity index is 3.19. The normalized spacial score (nSPS) is 11.9. The van der Waals surface area contributed by atoms with Gasteiger partial charge in [-0.15, -0.1) is 0 Å². The maximum atomic E-state index is 12.1. The number of hydrogen-bond donors (Lipinski definition) is 0. The molecule has 0 saturated carbocycles. The fourth-order valence-electron chi connectivity index (χ4n) is 2.27. The van der Waals surface area contributed by atoms with Gasteiger partial charge in [0.2, 0.25) is 0 Å². The van der Waals surface area contributed by atoms with Gasteiger partial charge in [0.1, 0.15) is 0 Å². The van der Waals surface area contributed by atoms with Crippen LogP contribution in [-0.4, -0.2) is 39.5 Å². The molecule has 0 aliphatic rings. The summed E-state index contributed by atoms with van der Waals surface area (Å²) in [4.78, 5) is 36.0. The fourth-order valence-corrected chi connectivity index (χ4v) is 2.27. The Morgan fingerprint density at radius 3 is 1.52 bits per heavy atom. The third kappa shape index (κ3) is 4.18. The highest BCUT2D eigenvalue weighted by molar-refractivity contribution is 4.77. The molecule has 0 aliphatic carbocycles. The Morgan fingerprint density at radius 2 is 1.17 bits per heavy atom. The Bertz CT molecular complexity index is 630. The summed E-state index contributed by atoms with van der Waals surface area (Å²) >= 11 is 0. The SMILES string of the molecule is CCOC(CCn1c(=O)n(C)c(=O)n(C)c1=O)(OCC)OCC. The van der Waals surface area contributed by atoms with E-state index in [4.69, 9.17) is 14.2 Å². The Labute approximate surface area is 134 Å². The van der Waals surface area contributed by atoms with Gasteiger partial charge in [-0.1, -0.05) is 0 Å². The molecular formula is C14H25N3O6. The van der Waals surface area contributed by atoms with Gasteiger partial charge in [0.05, 0.1) is 0 Å². The van der Waals surface area contributed by atoms with Crippen molar-refractivity contribution in [1.29, 1.82) is 0 Å². The molecule has 1 heterocycles. The van der Waals surface area contributed by atoms with E-state index in [1.165, 1.54) is 14.1 Å². The first kappa shape index (κ1) is 19.3. The van der Waals surface area contributed by atoms with Crippen LogP contribution in [0.5, 0.6) is 0 Å². The average molecular weight is 331 g/mol. The highest BCUT2D eigenvalue weighted by Gasteiger charge is 2.33. The van der Waals surface area contributed by atoms with Crippen molar-refractivity contribution < 1.29 is 14.2 Å². The molecule has 0 bridgehead atoms. The maximum Gasteiger partial charge on any atom is 0.336 e. The predicted octanol–water partition coefficient (Wildman–Crippen LogP) is -0.601. The molecule has 0 unspecified atom stereocenters. The van der Waals surface area contributed by atoms with Crippen LogP contribution in [0.2, 0.25) is 0 Å². The summed E-state index contributed by atoms with van der Waals surface area (Å²) < 4.78 is 19.4. The lowest BCUT2D eigenvalue weighted by molar-refractivity contribution is -0.380. The summed E-state index contributed by atoms with van der Waals surface area (Å²) in [6.07, 6.45) is 0.135. The third-order valence-electron chi connectivity index (χ3n) is 3.34. The average Bonchev–Trinajstić information content (AvgIpc) is 2.52. The standard InChI is InChI=1S/C14H25N3O6/c1-6-21-14(22-7-2,23-8-3)9-10-17-12(19)15(4)11(18)16(5)13(17)20/h6-10H2,1-5H3. The second kappa shape index (κ2) is 8.23. The van der Waals surface area contributed by atoms with E-state index in [0.717, 1.165) is 13.7 Å². The second-order valence-electron chi connectivity index (χ2n) is 4.85. The quantitative estimate of drug-likeness (QED) is 0.561. The Morgan fingerprint density at radius 1 is 0.783 bits per heavy atom. The number of aromatic nitrogens is 3. The summed E-state index contributed by atoms with van der Waals surface area (Å²) in [6, 6.07) is 0. The second-order valence-corrected chi connectivity index (χ2v) is 4.85. The molecule has 0 atom stereocenters. The molecule has 23 heavy (non-hydrogen) atoms. The van der Waals surface area contributed by atoms with E-state index in [0.29, 0.717) is 19.8 Å². The van der Waals surface area contributed by atoms with E-state index < -0.39 is 23.0 Å². The highest BCUT2D eigenvalue weighted by Crippen LogP contribution is 2.20. The predicted molar refractivity (Wildman–Crippen MR) is 83.4 cm³/mol. The van der Waals surface area contributed by atoms with E-state index in [2.05, 4.69) is 0 Å². The van der Waals surface area contributed by atoms with Gasteiger partial charge in [-0.3, -0.25) is 0 Å². The van der Waals surface area contributed by atoms with Crippen molar-refractivity contribution in [2.75, 3.05) is 19.8 Å². The minimum absolute atomic E-state index is 0.000370. The maximum absolute atomic E-state index is 12.1. The van der Waals surface area contributed by atoms with Gasteiger partial charge < -0.3 is 14.2 Å². The molecule has 0 N–H and O–H groups in total. The van der Waals surface area contributed by atoms with Crippen LogP contribution in [0.25, 0.3) is 0 Å². The van der Waals surface area contributed by atoms with Crippen molar-refractivity contribution in [1.82, 2.24) is 13.7 Å². The minimum Gasteiger partial charge on any atom is -0.328 e. The smallest absolute Gasteiger partial charge is 0.328 e. The van der Waals surface area contributed by atoms with Gasteiger partial charge in [0.15, 0.2) is 0 Å². The van der Waals surface area contributed by atoms with Crippen molar-refractivity contribution in [2.45, 2.75) is 39.7 Å². The molecule has 0 saturated heterocycles. The topological polar surface area (TPSA) is 93.7 Å². The van der Waals surface area contributed by atoms with Gasteiger partial charge in [-0.05, 0) is 20.8 Å². The fraction of sp³-hybridized carbons (Fsp3) is 0.786. The van der Waals surface area contributed by atoms with Gasteiger partial charge in [0.25, 0.3) is 5.97 Å². The van der Waals surface area contributed by atoms with E-state index in [1.54, 1.807) is 20.8 Å². The molecule has 0 aromatic carbocycles. The molecule has 0 spiro atoms. The molecule has 0 aliphatic heterocycles. The van der Waals surface area contributed by atoms with E-state index in [9.17, 15) is 14.4 Å². The molecule has 9 nitrogen and oxygen atoms in total. The molecule has 1 rings (SSSR count). The molecule has 132 valence electrons. The Hall–Kier alpha value is -1.71. The molecule has 0 radical (unpaired) electrons. The number of rotatable bonds is 9. The van der Waals surface area contributed by atoms with E-state index in [-0.39, 0.29) is 13.0 Å². The van der Waals surface area contributed by atoms with Crippen LogP contribution in [0, 0.1) is 0 Å². The highest BCUT2D eigenvalue weighted by atomic mass is 16.9. The van der Waals surface area contributed by atoms with E-state index in [1.807, 2.05) is 0 Å². The van der Waals surface area contributed by atoms with Gasteiger partial charge in [-0.2, -0.15) is 0 Å². The molecule has 9 heteroatoms. The van der Waals surface area contributed by atoms with Crippen molar-refractivity contribution in [2.24, 2.45) is 14.1 Å². The first-order valence-corrected chi connectivity index (χ1v) is 7.62. The zero-order valence-electron chi connectivity index (χ0n) is 14.3. The first-order valence-electron chi connectivity index (χ1n) is 7.62. The first-order chi connectivity index (χ1) is 10.8. The zero-order valence-corrected chi connectivity index (χ0v) is 14.3. The summed E-state index contributed by atoms with van der Waals surface area (Å²) in [5.41, 5.74) is -2.03. The lowest BCUT2D eigenvalue weighted by atomic mass is 10.3. The van der Waals surface area contributed by atoms with E-state index >= 15 is 0 Å². The lowest BCUT2D eigenvalue weighted by Crippen LogP contribution is -2.53. The van der Waals surface area contributed by atoms with Crippen molar-refractivity contribution >= 4 is 0 Å². The largest absolute Gasteiger partial charge is 0.336 e. The summed E-state index contributed by atoms with van der Waals surface area (Å²) in [6.45, 7) is 6.43. The van der Waals surface area contributed by atoms with Crippen LogP contribution >= 0.6 is 0 Å². The Kier molecular flexibility index (Phi) is 6.92.